The van der Waals surface area contributed by atoms with Gasteiger partial charge in [0.25, 0.3) is 0 Å². The number of rotatable bonds is 8. The zero-order valence-electron chi connectivity index (χ0n) is 13.2. The van der Waals surface area contributed by atoms with Crippen LogP contribution in [0.1, 0.15) is 32.2 Å². The number of hydrogen-bond acceptors (Lipinski definition) is 4. The Kier molecular flexibility index (Phi) is 5.81. The van der Waals surface area contributed by atoms with Crippen molar-refractivity contribution in [2.75, 3.05) is 18.0 Å². The van der Waals surface area contributed by atoms with Gasteiger partial charge in [-0.1, -0.05) is 19.9 Å². The van der Waals surface area contributed by atoms with Crippen LogP contribution in [0.25, 0.3) is 0 Å². The lowest BCUT2D eigenvalue weighted by Crippen LogP contribution is -2.24. The van der Waals surface area contributed by atoms with Crippen molar-refractivity contribution in [3.05, 3.63) is 48.0 Å². The standard InChI is InChI=1S/C17H25N3O/c1-4-20(13-16-8-6-10-21-16)17-9-5-7-15(19-17)12-18-11-14(2)3/h5-10,14,18H,4,11-13H2,1-3H3. The normalized spacial score (nSPS) is 11.0. The second kappa shape index (κ2) is 7.84. The molecule has 4 heteroatoms. The molecule has 0 radical (unpaired) electrons. The Labute approximate surface area is 127 Å². The Hall–Kier alpha value is -1.81. The van der Waals surface area contributed by atoms with E-state index >= 15 is 0 Å². The van der Waals surface area contributed by atoms with Crippen molar-refractivity contribution in [3.63, 3.8) is 0 Å². The first-order valence-corrected chi connectivity index (χ1v) is 7.63. The van der Waals surface area contributed by atoms with Crippen molar-refractivity contribution < 1.29 is 4.42 Å². The quantitative estimate of drug-likeness (QED) is 0.807. The van der Waals surface area contributed by atoms with Crippen LogP contribution in [0, 0.1) is 5.92 Å². The van der Waals surface area contributed by atoms with E-state index in [9.17, 15) is 0 Å². The molecule has 2 rings (SSSR count). The van der Waals surface area contributed by atoms with Crippen molar-refractivity contribution >= 4 is 5.82 Å². The van der Waals surface area contributed by atoms with Crippen LogP contribution in [-0.4, -0.2) is 18.1 Å². The summed E-state index contributed by atoms with van der Waals surface area (Å²) < 4.78 is 5.43. The summed E-state index contributed by atoms with van der Waals surface area (Å²) >= 11 is 0. The van der Waals surface area contributed by atoms with E-state index in [1.165, 1.54) is 0 Å². The van der Waals surface area contributed by atoms with Crippen LogP contribution >= 0.6 is 0 Å². The van der Waals surface area contributed by atoms with Gasteiger partial charge in [0.15, 0.2) is 0 Å². The van der Waals surface area contributed by atoms with Gasteiger partial charge in [-0.3, -0.25) is 0 Å². The summed E-state index contributed by atoms with van der Waals surface area (Å²) in [6.07, 6.45) is 1.71. The first-order chi connectivity index (χ1) is 10.2. The highest BCUT2D eigenvalue weighted by Crippen LogP contribution is 2.15. The summed E-state index contributed by atoms with van der Waals surface area (Å²) in [4.78, 5) is 6.96. The van der Waals surface area contributed by atoms with E-state index in [4.69, 9.17) is 9.40 Å². The lowest BCUT2D eigenvalue weighted by atomic mass is 10.2. The molecule has 0 bridgehead atoms. The first-order valence-electron chi connectivity index (χ1n) is 7.63. The lowest BCUT2D eigenvalue weighted by molar-refractivity contribution is 0.502. The molecule has 0 spiro atoms. The third-order valence-electron chi connectivity index (χ3n) is 3.28. The smallest absolute Gasteiger partial charge is 0.129 e. The molecule has 114 valence electrons. The van der Waals surface area contributed by atoms with Crippen LogP contribution in [0.15, 0.2) is 41.0 Å². The highest BCUT2D eigenvalue weighted by molar-refractivity contribution is 5.39. The lowest BCUT2D eigenvalue weighted by Gasteiger charge is -2.21. The van der Waals surface area contributed by atoms with Gasteiger partial charge in [0, 0.05) is 13.1 Å². The fourth-order valence-corrected chi connectivity index (χ4v) is 2.18. The molecule has 0 atom stereocenters. The summed E-state index contributed by atoms with van der Waals surface area (Å²) in [5.74, 6) is 2.61. The first kappa shape index (κ1) is 15.6. The minimum Gasteiger partial charge on any atom is -0.467 e. The van der Waals surface area contributed by atoms with Crippen molar-refractivity contribution in [3.8, 4) is 0 Å². The fraction of sp³-hybridized carbons (Fsp3) is 0.471. The Morgan fingerprint density at radius 1 is 1.24 bits per heavy atom. The summed E-state index contributed by atoms with van der Waals surface area (Å²) in [5, 5.41) is 3.43. The number of furan rings is 1. The molecule has 2 heterocycles. The van der Waals surface area contributed by atoms with Gasteiger partial charge in [-0.25, -0.2) is 4.98 Å². The predicted octanol–water partition coefficient (Wildman–Crippen LogP) is 3.45. The molecule has 21 heavy (non-hydrogen) atoms. The molecule has 0 aliphatic carbocycles. The van der Waals surface area contributed by atoms with Crippen molar-refractivity contribution in [2.45, 2.75) is 33.9 Å². The van der Waals surface area contributed by atoms with Crippen molar-refractivity contribution in [1.29, 1.82) is 0 Å². The van der Waals surface area contributed by atoms with Crippen LogP contribution in [0.4, 0.5) is 5.82 Å². The molecule has 0 fully saturated rings. The van der Waals surface area contributed by atoms with Gasteiger partial charge in [0.1, 0.15) is 11.6 Å². The van der Waals surface area contributed by atoms with Crippen LogP contribution < -0.4 is 10.2 Å². The van der Waals surface area contributed by atoms with E-state index in [0.29, 0.717) is 5.92 Å². The molecule has 1 N–H and O–H groups in total. The SMILES string of the molecule is CCN(Cc1ccco1)c1cccc(CNCC(C)C)n1. The van der Waals surface area contributed by atoms with E-state index in [2.05, 4.69) is 49.2 Å². The fourth-order valence-electron chi connectivity index (χ4n) is 2.18. The van der Waals surface area contributed by atoms with Gasteiger partial charge in [-0.15, -0.1) is 0 Å². The predicted molar refractivity (Wildman–Crippen MR) is 86.2 cm³/mol. The summed E-state index contributed by atoms with van der Waals surface area (Å²) in [7, 11) is 0. The third-order valence-corrected chi connectivity index (χ3v) is 3.28. The van der Waals surface area contributed by atoms with E-state index in [0.717, 1.165) is 43.5 Å². The van der Waals surface area contributed by atoms with Crippen molar-refractivity contribution in [1.82, 2.24) is 10.3 Å². The zero-order chi connectivity index (χ0) is 15.1. The van der Waals surface area contributed by atoms with Crippen LogP contribution in [0.2, 0.25) is 0 Å². The third kappa shape index (κ3) is 4.90. The molecule has 4 nitrogen and oxygen atoms in total. The molecule has 2 aromatic heterocycles. The largest absolute Gasteiger partial charge is 0.467 e. The second-order valence-corrected chi connectivity index (χ2v) is 5.61. The highest BCUT2D eigenvalue weighted by Gasteiger charge is 2.09. The van der Waals surface area contributed by atoms with E-state index in [1.807, 2.05) is 12.1 Å². The zero-order valence-corrected chi connectivity index (χ0v) is 13.2. The number of aromatic nitrogens is 1. The van der Waals surface area contributed by atoms with Gasteiger partial charge >= 0.3 is 0 Å². The summed E-state index contributed by atoms with van der Waals surface area (Å²) in [6.45, 7) is 10.0. The van der Waals surface area contributed by atoms with Crippen LogP contribution in [0.5, 0.6) is 0 Å². The van der Waals surface area contributed by atoms with Gasteiger partial charge < -0.3 is 14.6 Å². The Bertz CT molecular complexity index is 523. The molecular weight excluding hydrogens is 262 g/mol. The van der Waals surface area contributed by atoms with Gasteiger partial charge in [0.2, 0.25) is 0 Å². The van der Waals surface area contributed by atoms with Crippen LogP contribution in [0.3, 0.4) is 0 Å². The van der Waals surface area contributed by atoms with E-state index in [1.54, 1.807) is 6.26 Å². The average Bonchev–Trinajstić information content (AvgIpc) is 2.97. The molecule has 2 aromatic rings. The van der Waals surface area contributed by atoms with Gasteiger partial charge in [0.05, 0.1) is 18.5 Å². The highest BCUT2D eigenvalue weighted by atomic mass is 16.3. The number of hydrogen-bond donors (Lipinski definition) is 1. The molecule has 0 aliphatic heterocycles. The van der Waals surface area contributed by atoms with Gasteiger partial charge in [-0.2, -0.15) is 0 Å². The maximum absolute atomic E-state index is 5.43. The minimum atomic E-state index is 0.652. The number of nitrogens with zero attached hydrogens (tertiary/aromatic N) is 2. The molecule has 0 saturated heterocycles. The Morgan fingerprint density at radius 3 is 2.76 bits per heavy atom. The van der Waals surface area contributed by atoms with Crippen LogP contribution in [-0.2, 0) is 13.1 Å². The Balaban J connectivity index is 2.00. The van der Waals surface area contributed by atoms with Crippen molar-refractivity contribution in [2.24, 2.45) is 5.92 Å². The second-order valence-electron chi connectivity index (χ2n) is 5.61. The average molecular weight is 287 g/mol. The molecule has 0 aliphatic rings. The molecule has 0 aromatic carbocycles. The number of anilines is 1. The summed E-state index contributed by atoms with van der Waals surface area (Å²) in [6, 6.07) is 10.1. The molecule has 0 unspecified atom stereocenters. The molecule has 0 amide bonds. The monoisotopic (exact) mass is 287 g/mol. The Morgan fingerprint density at radius 2 is 2.10 bits per heavy atom. The van der Waals surface area contributed by atoms with Gasteiger partial charge in [-0.05, 0) is 43.7 Å². The maximum Gasteiger partial charge on any atom is 0.129 e. The molecular formula is C17H25N3O. The number of pyridine rings is 1. The molecule has 0 saturated carbocycles. The van der Waals surface area contributed by atoms with E-state index in [-0.39, 0.29) is 0 Å². The van der Waals surface area contributed by atoms with E-state index < -0.39 is 0 Å². The minimum absolute atomic E-state index is 0.652. The maximum atomic E-state index is 5.43. The topological polar surface area (TPSA) is 41.3 Å². The summed E-state index contributed by atoms with van der Waals surface area (Å²) in [5.41, 5.74) is 1.08. The number of nitrogens with one attached hydrogen (secondary N) is 1.